The van der Waals surface area contributed by atoms with Gasteiger partial charge < -0.3 is 14.9 Å². The van der Waals surface area contributed by atoms with Gasteiger partial charge in [0.2, 0.25) is 0 Å². The van der Waals surface area contributed by atoms with Gasteiger partial charge in [-0.05, 0) is 31.2 Å². The summed E-state index contributed by atoms with van der Waals surface area (Å²) in [7, 11) is 1.82. The van der Waals surface area contributed by atoms with Crippen LogP contribution < -0.4 is 5.32 Å². The zero-order chi connectivity index (χ0) is 10.8. The Morgan fingerprint density at radius 3 is 2.53 bits per heavy atom. The Labute approximate surface area is 87.5 Å². The van der Waals surface area contributed by atoms with Crippen LogP contribution >= 0.6 is 0 Å². The van der Waals surface area contributed by atoms with Crippen molar-refractivity contribution in [2.24, 2.45) is 0 Å². The minimum Gasteiger partial charge on any atom is -0.508 e. The lowest BCUT2D eigenvalue weighted by Crippen LogP contribution is -1.90. The number of aryl methyl sites for hydroxylation is 1. The molecule has 1 aromatic carbocycles. The van der Waals surface area contributed by atoms with Crippen LogP contribution in [0.15, 0.2) is 28.8 Å². The Hall–Kier alpha value is -1.97. The molecule has 1 aromatic heterocycles. The maximum absolute atomic E-state index is 9.17. The third-order valence-corrected chi connectivity index (χ3v) is 2.24. The highest BCUT2D eigenvalue weighted by Crippen LogP contribution is 2.31. The second-order valence-electron chi connectivity index (χ2n) is 3.27. The molecule has 0 radical (unpaired) electrons. The highest BCUT2D eigenvalue weighted by molar-refractivity contribution is 5.74. The number of rotatable bonds is 2. The van der Waals surface area contributed by atoms with Gasteiger partial charge in [0, 0.05) is 12.6 Å². The van der Waals surface area contributed by atoms with Gasteiger partial charge in [-0.25, -0.2) is 0 Å². The van der Waals surface area contributed by atoms with Crippen LogP contribution in [0.4, 0.5) is 5.69 Å². The molecule has 2 aromatic rings. The first-order valence-corrected chi connectivity index (χ1v) is 4.66. The van der Waals surface area contributed by atoms with Crippen molar-refractivity contribution in [3.8, 4) is 17.1 Å². The molecular weight excluding hydrogens is 192 g/mol. The van der Waals surface area contributed by atoms with Gasteiger partial charge in [-0.2, -0.15) is 0 Å². The average Bonchev–Trinajstić information content (AvgIpc) is 2.61. The van der Waals surface area contributed by atoms with E-state index in [4.69, 9.17) is 4.52 Å². The van der Waals surface area contributed by atoms with Crippen LogP contribution in [-0.2, 0) is 0 Å². The third kappa shape index (κ3) is 1.66. The van der Waals surface area contributed by atoms with Crippen molar-refractivity contribution < 1.29 is 9.63 Å². The van der Waals surface area contributed by atoms with Crippen molar-refractivity contribution in [1.29, 1.82) is 0 Å². The molecule has 0 aliphatic heterocycles. The lowest BCUT2D eigenvalue weighted by Gasteiger charge is -2.01. The number of benzene rings is 1. The quantitative estimate of drug-likeness (QED) is 0.788. The third-order valence-electron chi connectivity index (χ3n) is 2.24. The van der Waals surface area contributed by atoms with Gasteiger partial charge >= 0.3 is 0 Å². The molecule has 0 saturated heterocycles. The standard InChI is InChI=1S/C11H12N2O2/c1-7-10(12-2)11(15-13-7)8-3-5-9(14)6-4-8/h3-6,12,14H,1-2H3. The first kappa shape index (κ1) is 9.58. The van der Waals surface area contributed by atoms with E-state index in [0.717, 1.165) is 16.9 Å². The number of aromatic hydroxyl groups is 1. The Bertz CT molecular complexity index is 460. The molecule has 0 spiro atoms. The Kier molecular flexibility index (Phi) is 2.33. The first-order valence-electron chi connectivity index (χ1n) is 4.66. The molecule has 0 amide bonds. The van der Waals surface area contributed by atoms with Gasteiger partial charge in [0.25, 0.3) is 0 Å². The lowest BCUT2D eigenvalue weighted by molar-refractivity contribution is 0.427. The topological polar surface area (TPSA) is 58.3 Å². The smallest absolute Gasteiger partial charge is 0.190 e. The molecule has 4 heteroatoms. The van der Waals surface area contributed by atoms with E-state index >= 15 is 0 Å². The number of anilines is 1. The molecule has 0 saturated carbocycles. The van der Waals surface area contributed by atoms with Crippen LogP contribution in [0.1, 0.15) is 5.69 Å². The van der Waals surface area contributed by atoms with Crippen LogP contribution in [0.2, 0.25) is 0 Å². The monoisotopic (exact) mass is 204 g/mol. The molecule has 15 heavy (non-hydrogen) atoms. The molecule has 4 nitrogen and oxygen atoms in total. The summed E-state index contributed by atoms with van der Waals surface area (Å²) in [5.74, 6) is 0.927. The molecule has 0 aliphatic carbocycles. The van der Waals surface area contributed by atoms with Crippen LogP contribution in [0.5, 0.6) is 5.75 Å². The van der Waals surface area contributed by atoms with Gasteiger partial charge in [-0.15, -0.1) is 0 Å². The summed E-state index contributed by atoms with van der Waals surface area (Å²) in [4.78, 5) is 0. The van der Waals surface area contributed by atoms with Gasteiger partial charge in [-0.3, -0.25) is 0 Å². The summed E-state index contributed by atoms with van der Waals surface area (Å²) < 4.78 is 5.22. The summed E-state index contributed by atoms with van der Waals surface area (Å²) in [6.45, 7) is 1.87. The molecule has 1 heterocycles. The minimum atomic E-state index is 0.237. The molecule has 0 atom stereocenters. The number of aromatic nitrogens is 1. The normalized spacial score (nSPS) is 10.3. The van der Waals surface area contributed by atoms with E-state index in [1.54, 1.807) is 24.3 Å². The highest BCUT2D eigenvalue weighted by atomic mass is 16.5. The van der Waals surface area contributed by atoms with Crippen molar-refractivity contribution in [1.82, 2.24) is 5.16 Å². The predicted molar refractivity (Wildman–Crippen MR) is 57.9 cm³/mol. The second kappa shape index (κ2) is 3.65. The van der Waals surface area contributed by atoms with Crippen LogP contribution in [0.3, 0.4) is 0 Å². The second-order valence-corrected chi connectivity index (χ2v) is 3.27. The summed E-state index contributed by atoms with van der Waals surface area (Å²) in [6, 6.07) is 6.81. The summed E-state index contributed by atoms with van der Waals surface area (Å²) in [5.41, 5.74) is 2.58. The van der Waals surface area contributed by atoms with Crippen molar-refractivity contribution in [3.05, 3.63) is 30.0 Å². The van der Waals surface area contributed by atoms with Crippen molar-refractivity contribution in [3.63, 3.8) is 0 Å². The molecule has 2 rings (SSSR count). The fraction of sp³-hybridized carbons (Fsp3) is 0.182. The fourth-order valence-corrected chi connectivity index (χ4v) is 1.47. The molecular formula is C11H12N2O2. The number of hydrogen-bond donors (Lipinski definition) is 2. The largest absolute Gasteiger partial charge is 0.508 e. The highest BCUT2D eigenvalue weighted by Gasteiger charge is 2.12. The number of nitrogens with zero attached hydrogens (tertiary/aromatic N) is 1. The van der Waals surface area contributed by atoms with Crippen LogP contribution in [-0.4, -0.2) is 17.3 Å². The van der Waals surface area contributed by atoms with E-state index < -0.39 is 0 Å². The zero-order valence-corrected chi connectivity index (χ0v) is 8.61. The maximum atomic E-state index is 9.17. The molecule has 78 valence electrons. The van der Waals surface area contributed by atoms with Gasteiger partial charge in [0.1, 0.15) is 17.1 Å². The Morgan fingerprint density at radius 2 is 1.93 bits per heavy atom. The predicted octanol–water partition coefficient (Wildman–Crippen LogP) is 2.40. The molecule has 0 unspecified atom stereocenters. The molecule has 2 N–H and O–H groups in total. The maximum Gasteiger partial charge on any atom is 0.190 e. The van der Waals surface area contributed by atoms with E-state index in [2.05, 4.69) is 10.5 Å². The van der Waals surface area contributed by atoms with Crippen LogP contribution in [0, 0.1) is 6.92 Å². The zero-order valence-electron chi connectivity index (χ0n) is 8.61. The number of hydrogen-bond acceptors (Lipinski definition) is 4. The summed E-state index contributed by atoms with van der Waals surface area (Å²) in [6.07, 6.45) is 0. The van der Waals surface area contributed by atoms with Crippen molar-refractivity contribution in [2.45, 2.75) is 6.92 Å². The van der Waals surface area contributed by atoms with E-state index in [1.165, 1.54) is 0 Å². The number of phenolic OH excluding ortho intramolecular Hbond substituents is 1. The molecule has 0 bridgehead atoms. The minimum absolute atomic E-state index is 0.237. The summed E-state index contributed by atoms with van der Waals surface area (Å²) >= 11 is 0. The lowest BCUT2D eigenvalue weighted by atomic mass is 10.1. The number of phenols is 1. The number of nitrogens with one attached hydrogen (secondary N) is 1. The Balaban J connectivity index is 2.49. The van der Waals surface area contributed by atoms with Crippen molar-refractivity contribution >= 4 is 5.69 Å². The van der Waals surface area contributed by atoms with Crippen molar-refractivity contribution in [2.75, 3.05) is 12.4 Å². The Morgan fingerprint density at radius 1 is 1.27 bits per heavy atom. The van der Waals surface area contributed by atoms with Crippen LogP contribution in [0.25, 0.3) is 11.3 Å². The van der Waals surface area contributed by atoms with E-state index in [-0.39, 0.29) is 5.75 Å². The van der Waals surface area contributed by atoms with E-state index in [0.29, 0.717) is 5.76 Å². The molecule has 0 aliphatic rings. The summed E-state index contributed by atoms with van der Waals surface area (Å²) in [5, 5.41) is 16.1. The average molecular weight is 204 g/mol. The van der Waals surface area contributed by atoms with Gasteiger partial charge in [0.05, 0.1) is 0 Å². The first-order chi connectivity index (χ1) is 7.22. The molecule has 0 fully saturated rings. The fourth-order valence-electron chi connectivity index (χ4n) is 1.47. The SMILES string of the molecule is CNc1c(C)noc1-c1ccc(O)cc1. The van der Waals surface area contributed by atoms with Gasteiger partial charge in [0.15, 0.2) is 5.76 Å². The van der Waals surface area contributed by atoms with Gasteiger partial charge in [-0.1, -0.05) is 5.16 Å². The van der Waals surface area contributed by atoms with E-state index in [9.17, 15) is 5.11 Å². The van der Waals surface area contributed by atoms with E-state index in [1.807, 2.05) is 14.0 Å².